The molecule has 0 atom stereocenters. The van der Waals surface area contributed by atoms with Crippen molar-refractivity contribution in [3.05, 3.63) is 63.8 Å². The number of carbonyl (C=O) groups is 1. The third-order valence-corrected chi connectivity index (χ3v) is 6.11. The van der Waals surface area contributed by atoms with Gasteiger partial charge in [0.1, 0.15) is 5.52 Å². The third kappa shape index (κ3) is 3.19. The number of amides is 1. The van der Waals surface area contributed by atoms with Crippen molar-refractivity contribution in [2.75, 3.05) is 33.2 Å². The average Bonchev–Trinajstić information content (AvgIpc) is 3.07. The number of halogens is 1. The molecule has 1 aliphatic rings. The predicted molar refractivity (Wildman–Crippen MR) is 120 cm³/mol. The number of pyridine rings is 1. The SMILES string of the molecule is CN1CCN(C(=O)c2nn(-c3cccnc3)c(=O)c3c2c2ccc(Cl)cc2n3C)CC1. The number of aromatic nitrogens is 4. The second-order valence-electron chi connectivity index (χ2n) is 7.82. The Labute approximate surface area is 183 Å². The zero-order valence-electron chi connectivity index (χ0n) is 17.2. The molecule has 31 heavy (non-hydrogen) atoms. The summed E-state index contributed by atoms with van der Waals surface area (Å²) in [4.78, 5) is 35.2. The van der Waals surface area contributed by atoms with Gasteiger partial charge in [0, 0.05) is 55.2 Å². The molecule has 1 amide bonds. The number of fused-ring (bicyclic) bond motifs is 3. The number of hydrogen-bond donors (Lipinski definition) is 0. The summed E-state index contributed by atoms with van der Waals surface area (Å²) in [7, 11) is 3.84. The fourth-order valence-corrected chi connectivity index (χ4v) is 4.32. The molecule has 0 spiro atoms. The first-order valence-corrected chi connectivity index (χ1v) is 10.4. The molecule has 1 saturated heterocycles. The van der Waals surface area contributed by atoms with Gasteiger partial charge in [0.05, 0.1) is 17.4 Å². The molecule has 0 aliphatic carbocycles. The number of hydrogen-bond acceptors (Lipinski definition) is 5. The lowest BCUT2D eigenvalue weighted by atomic mass is 10.1. The summed E-state index contributed by atoms with van der Waals surface area (Å²) in [6.45, 7) is 2.81. The number of likely N-dealkylation sites (N-methyl/N-ethyl adjacent to an activating group) is 1. The van der Waals surface area contributed by atoms with E-state index < -0.39 is 0 Å². The molecule has 5 rings (SSSR count). The predicted octanol–water partition coefficient (Wildman–Crippen LogP) is 2.31. The van der Waals surface area contributed by atoms with Crippen LogP contribution in [0.1, 0.15) is 10.5 Å². The lowest BCUT2D eigenvalue weighted by molar-refractivity contribution is 0.0658. The van der Waals surface area contributed by atoms with Crippen molar-refractivity contribution in [2.45, 2.75) is 0 Å². The zero-order chi connectivity index (χ0) is 21.7. The van der Waals surface area contributed by atoms with Crippen LogP contribution in [0.3, 0.4) is 0 Å². The summed E-state index contributed by atoms with van der Waals surface area (Å²) in [6, 6.07) is 8.89. The van der Waals surface area contributed by atoms with Gasteiger partial charge in [-0.15, -0.1) is 0 Å². The molecule has 1 aromatic carbocycles. The van der Waals surface area contributed by atoms with Crippen LogP contribution in [0.5, 0.6) is 0 Å². The summed E-state index contributed by atoms with van der Waals surface area (Å²) in [5, 5.41) is 6.46. The summed E-state index contributed by atoms with van der Waals surface area (Å²) in [5.74, 6) is -0.182. The van der Waals surface area contributed by atoms with Crippen molar-refractivity contribution < 1.29 is 4.79 Å². The van der Waals surface area contributed by atoms with Gasteiger partial charge in [0.15, 0.2) is 5.69 Å². The van der Waals surface area contributed by atoms with Crippen molar-refractivity contribution in [2.24, 2.45) is 7.05 Å². The highest BCUT2D eigenvalue weighted by Crippen LogP contribution is 2.31. The van der Waals surface area contributed by atoms with Crippen LogP contribution in [0, 0.1) is 0 Å². The third-order valence-electron chi connectivity index (χ3n) is 5.88. The van der Waals surface area contributed by atoms with Gasteiger partial charge in [0.2, 0.25) is 0 Å². The van der Waals surface area contributed by atoms with Gasteiger partial charge in [-0.1, -0.05) is 17.7 Å². The maximum atomic E-state index is 13.6. The number of piperazine rings is 1. The van der Waals surface area contributed by atoms with E-state index in [9.17, 15) is 9.59 Å². The number of aryl methyl sites for hydroxylation is 1. The molecule has 1 aliphatic heterocycles. The van der Waals surface area contributed by atoms with E-state index in [1.165, 1.54) is 4.68 Å². The van der Waals surface area contributed by atoms with Crippen molar-refractivity contribution in [1.82, 2.24) is 29.1 Å². The highest BCUT2D eigenvalue weighted by atomic mass is 35.5. The highest BCUT2D eigenvalue weighted by Gasteiger charge is 2.28. The van der Waals surface area contributed by atoms with Crippen molar-refractivity contribution in [1.29, 1.82) is 0 Å². The normalized spacial score (nSPS) is 15.1. The molecule has 8 nitrogen and oxygen atoms in total. The number of rotatable bonds is 2. The van der Waals surface area contributed by atoms with Crippen LogP contribution in [-0.2, 0) is 7.05 Å². The van der Waals surface area contributed by atoms with E-state index in [1.54, 1.807) is 53.2 Å². The topological polar surface area (TPSA) is 76.3 Å². The van der Waals surface area contributed by atoms with Crippen LogP contribution in [0.25, 0.3) is 27.5 Å². The molecule has 0 unspecified atom stereocenters. The molecule has 0 radical (unpaired) electrons. The van der Waals surface area contributed by atoms with Crippen molar-refractivity contribution in [3.8, 4) is 5.69 Å². The second kappa shape index (κ2) is 7.47. The van der Waals surface area contributed by atoms with E-state index in [0.29, 0.717) is 34.7 Å². The van der Waals surface area contributed by atoms with E-state index in [0.717, 1.165) is 24.0 Å². The van der Waals surface area contributed by atoms with E-state index >= 15 is 0 Å². The molecule has 0 saturated carbocycles. The van der Waals surface area contributed by atoms with Crippen LogP contribution in [0.15, 0.2) is 47.5 Å². The zero-order valence-corrected chi connectivity index (χ0v) is 18.0. The van der Waals surface area contributed by atoms with Gasteiger partial charge >= 0.3 is 0 Å². The molecular weight excluding hydrogens is 416 g/mol. The molecule has 0 bridgehead atoms. The fourth-order valence-electron chi connectivity index (χ4n) is 4.16. The van der Waals surface area contributed by atoms with E-state index in [1.807, 2.05) is 13.1 Å². The molecule has 0 N–H and O–H groups in total. The average molecular weight is 437 g/mol. The lowest BCUT2D eigenvalue weighted by Gasteiger charge is -2.32. The molecule has 158 valence electrons. The Morgan fingerprint density at radius 3 is 2.58 bits per heavy atom. The smallest absolute Gasteiger partial charge is 0.296 e. The van der Waals surface area contributed by atoms with Crippen LogP contribution in [-0.4, -0.2) is 68.3 Å². The largest absolute Gasteiger partial charge is 0.339 e. The standard InChI is InChI=1S/C22H21ClN6O2/c1-26-8-10-28(11-9-26)21(30)19-18-16-6-5-14(23)12-17(16)27(2)20(18)22(31)29(25-19)15-4-3-7-24-13-15/h3-7,12-13H,8-11H2,1-2H3. The maximum Gasteiger partial charge on any atom is 0.296 e. The molecule has 4 heterocycles. The fraction of sp³-hybridized carbons (Fsp3) is 0.273. The van der Waals surface area contributed by atoms with Crippen LogP contribution in [0.2, 0.25) is 5.02 Å². The van der Waals surface area contributed by atoms with E-state index in [-0.39, 0.29) is 17.2 Å². The lowest BCUT2D eigenvalue weighted by Crippen LogP contribution is -2.47. The van der Waals surface area contributed by atoms with E-state index in [2.05, 4.69) is 15.0 Å². The first kappa shape index (κ1) is 19.7. The van der Waals surface area contributed by atoms with Gasteiger partial charge in [-0.05, 0) is 31.3 Å². The number of nitrogens with zero attached hydrogens (tertiary/aromatic N) is 6. The minimum Gasteiger partial charge on any atom is -0.339 e. The van der Waals surface area contributed by atoms with Gasteiger partial charge in [-0.25, -0.2) is 0 Å². The first-order valence-electron chi connectivity index (χ1n) is 10.0. The summed E-state index contributed by atoms with van der Waals surface area (Å²) in [6.07, 6.45) is 3.19. The second-order valence-corrected chi connectivity index (χ2v) is 8.25. The highest BCUT2D eigenvalue weighted by molar-refractivity contribution is 6.31. The Bertz CT molecular complexity index is 1370. The van der Waals surface area contributed by atoms with Gasteiger partial charge in [-0.2, -0.15) is 9.78 Å². The van der Waals surface area contributed by atoms with Gasteiger partial charge in [0.25, 0.3) is 11.5 Å². The maximum absolute atomic E-state index is 13.6. The Morgan fingerprint density at radius 1 is 1.10 bits per heavy atom. The molecule has 1 fully saturated rings. The number of carbonyl (C=O) groups excluding carboxylic acids is 1. The molecular formula is C22H21ClN6O2. The molecule has 3 aromatic heterocycles. The Morgan fingerprint density at radius 2 is 1.87 bits per heavy atom. The summed E-state index contributed by atoms with van der Waals surface area (Å²) in [5.41, 5.74) is 1.64. The summed E-state index contributed by atoms with van der Waals surface area (Å²) >= 11 is 6.22. The molecule has 4 aromatic rings. The Balaban J connectivity index is 1.83. The Kier molecular flexibility index (Phi) is 4.75. The summed E-state index contributed by atoms with van der Waals surface area (Å²) < 4.78 is 3.05. The van der Waals surface area contributed by atoms with E-state index in [4.69, 9.17) is 11.6 Å². The van der Waals surface area contributed by atoms with Crippen molar-refractivity contribution >= 4 is 39.3 Å². The van der Waals surface area contributed by atoms with Gasteiger partial charge in [-0.3, -0.25) is 14.6 Å². The Hall–Kier alpha value is -3.23. The molecule has 9 heteroatoms. The monoisotopic (exact) mass is 436 g/mol. The first-order chi connectivity index (χ1) is 15.0. The van der Waals surface area contributed by atoms with Crippen molar-refractivity contribution in [3.63, 3.8) is 0 Å². The minimum absolute atomic E-state index is 0.182. The minimum atomic E-state index is -0.312. The van der Waals surface area contributed by atoms with Crippen LogP contribution < -0.4 is 5.56 Å². The van der Waals surface area contributed by atoms with Crippen LogP contribution in [0.4, 0.5) is 0 Å². The number of benzene rings is 1. The van der Waals surface area contributed by atoms with Gasteiger partial charge < -0.3 is 14.4 Å². The quantitative estimate of drug-likeness (QED) is 0.482. The van der Waals surface area contributed by atoms with Crippen LogP contribution >= 0.6 is 11.6 Å².